The van der Waals surface area contributed by atoms with Gasteiger partial charge in [-0.05, 0) is 68.4 Å². The third-order valence-electron chi connectivity index (χ3n) is 8.56. The molecule has 240 valence electrons. The highest BCUT2D eigenvalue weighted by molar-refractivity contribution is 6.05. The fraction of sp³-hybridized carbons (Fsp3) is 0. The lowest BCUT2D eigenvalue weighted by Gasteiger charge is -2.13. The summed E-state index contributed by atoms with van der Waals surface area (Å²) in [6.45, 7) is 0. The number of nitrogens with zero attached hydrogens (tertiary/aromatic N) is 3. The minimum atomic E-state index is -0.813. The quantitative estimate of drug-likeness (QED) is 0.167. The van der Waals surface area contributed by atoms with Gasteiger partial charge in [0.25, 0.3) is 0 Å². The molecule has 0 saturated heterocycles. The number of benzene rings is 7. The third kappa shape index (κ3) is 6.13. The normalized spacial score (nSPS) is 11.2. The second-order valence-electron chi connectivity index (χ2n) is 11.8. The van der Waals surface area contributed by atoms with Crippen LogP contribution in [0.15, 0.2) is 152 Å². The minimum absolute atomic E-state index is 0.0458. The second-order valence-corrected chi connectivity index (χ2v) is 11.8. The van der Waals surface area contributed by atoms with Gasteiger partial charge >= 0.3 is 0 Å². The molecule has 0 aliphatic carbocycles. The molecule has 0 saturated carbocycles. The highest BCUT2D eigenvalue weighted by atomic mass is 19.1. The summed E-state index contributed by atoms with van der Waals surface area (Å²) in [5.74, 6) is -3.17. The first-order valence-electron chi connectivity index (χ1n) is 15.9. The molecule has 0 N–H and O–H groups in total. The van der Waals surface area contributed by atoms with Crippen molar-refractivity contribution in [1.29, 1.82) is 0 Å². The van der Waals surface area contributed by atoms with E-state index in [0.29, 0.717) is 5.56 Å². The maximum absolute atomic E-state index is 14.2. The van der Waals surface area contributed by atoms with Gasteiger partial charge < -0.3 is 0 Å². The molecular weight excluding hydrogens is 634 g/mol. The first-order chi connectivity index (χ1) is 24.4. The number of fused-ring (bicyclic) bond motifs is 1. The van der Waals surface area contributed by atoms with Gasteiger partial charge in [-0.3, -0.25) is 0 Å². The fourth-order valence-corrected chi connectivity index (χ4v) is 6.20. The largest absolute Gasteiger partial charge is 0.208 e. The zero-order chi connectivity index (χ0) is 34.2. The highest BCUT2D eigenvalue weighted by Crippen LogP contribution is 2.37. The SMILES string of the molecule is Fc1cc(F)cc(-c2nc(-c3ccc(-c4ccc(-c5ccc(-c6ccccc6)cc5)c5ccccc45)cc3)nc(-c3cc(F)cc(F)c3)n2)c1. The number of hydrogen-bond donors (Lipinski definition) is 0. The van der Waals surface area contributed by atoms with Crippen LogP contribution in [0.25, 0.3) is 78.3 Å². The summed E-state index contributed by atoms with van der Waals surface area (Å²) < 4.78 is 56.7. The maximum atomic E-state index is 14.2. The smallest absolute Gasteiger partial charge is 0.164 e. The maximum Gasteiger partial charge on any atom is 0.164 e. The van der Waals surface area contributed by atoms with E-state index in [4.69, 9.17) is 0 Å². The summed E-state index contributed by atoms with van der Waals surface area (Å²) >= 11 is 0. The van der Waals surface area contributed by atoms with Crippen molar-refractivity contribution in [2.45, 2.75) is 0 Å². The Kier molecular flexibility index (Phi) is 7.93. The Morgan fingerprint density at radius 2 is 0.620 bits per heavy atom. The summed E-state index contributed by atoms with van der Waals surface area (Å²) in [7, 11) is 0. The molecule has 8 aromatic rings. The van der Waals surface area contributed by atoms with E-state index in [0.717, 1.165) is 80.6 Å². The monoisotopic (exact) mass is 659 g/mol. The number of aromatic nitrogens is 3. The van der Waals surface area contributed by atoms with E-state index in [1.165, 1.54) is 0 Å². The topological polar surface area (TPSA) is 38.7 Å². The van der Waals surface area contributed by atoms with Gasteiger partial charge in [0.1, 0.15) is 23.3 Å². The Morgan fingerprint density at radius 3 is 1.06 bits per heavy atom. The van der Waals surface area contributed by atoms with Crippen LogP contribution in [0.4, 0.5) is 17.6 Å². The average Bonchev–Trinajstić information content (AvgIpc) is 3.14. The Balaban J connectivity index is 1.18. The van der Waals surface area contributed by atoms with E-state index in [1.807, 2.05) is 54.6 Å². The van der Waals surface area contributed by atoms with Crippen molar-refractivity contribution in [3.05, 3.63) is 175 Å². The summed E-state index contributed by atoms with van der Waals surface area (Å²) in [6.07, 6.45) is 0. The first-order valence-corrected chi connectivity index (χ1v) is 15.9. The highest BCUT2D eigenvalue weighted by Gasteiger charge is 2.16. The van der Waals surface area contributed by atoms with Gasteiger partial charge in [-0.25, -0.2) is 32.5 Å². The molecule has 0 radical (unpaired) electrons. The first kappa shape index (κ1) is 30.8. The minimum Gasteiger partial charge on any atom is -0.208 e. The molecule has 0 aliphatic rings. The van der Waals surface area contributed by atoms with Crippen LogP contribution in [0.1, 0.15) is 0 Å². The molecule has 3 nitrogen and oxygen atoms in total. The average molecular weight is 660 g/mol. The molecule has 0 fully saturated rings. The molecule has 50 heavy (non-hydrogen) atoms. The lowest BCUT2D eigenvalue weighted by atomic mass is 9.91. The molecule has 8 rings (SSSR count). The van der Waals surface area contributed by atoms with Gasteiger partial charge in [0.05, 0.1) is 0 Å². The van der Waals surface area contributed by atoms with Gasteiger partial charge in [0, 0.05) is 28.8 Å². The third-order valence-corrected chi connectivity index (χ3v) is 8.56. The Labute approximate surface area is 285 Å². The predicted molar refractivity (Wildman–Crippen MR) is 190 cm³/mol. The van der Waals surface area contributed by atoms with Crippen LogP contribution in [-0.4, -0.2) is 15.0 Å². The molecule has 0 atom stereocenters. The zero-order valence-electron chi connectivity index (χ0n) is 26.3. The molecule has 0 bridgehead atoms. The van der Waals surface area contributed by atoms with E-state index in [1.54, 1.807) is 0 Å². The molecule has 0 aliphatic heterocycles. The molecule has 7 aromatic carbocycles. The fourth-order valence-electron chi connectivity index (χ4n) is 6.20. The van der Waals surface area contributed by atoms with Gasteiger partial charge in [-0.1, -0.05) is 115 Å². The second kappa shape index (κ2) is 12.9. The summed E-state index contributed by atoms with van der Waals surface area (Å²) in [5.41, 5.74) is 7.21. The van der Waals surface area contributed by atoms with E-state index in [2.05, 4.69) is 75.6 Å². The molecule has 1 heterocycles. The Morgan fingerprint density at radius 1 is 0.280 bits per heavy atom. The zero-order valence-corrected chi connectivity index (χ0v) is 26.3. The van der Waals surface area contributed by atoms with Gasteiger partial charge in [0.2, 0.25) is 0 Å². The van der Waals surface area contributed by atoms with Crippen molar-refractivity contribution < 1.29 is 17.6 Å². The van der Waals surface area contributed by atoms with Crippen molar-refractivity contribution in [1.82, 2.24) is 15.0 Å². The van der Waals surface area contributed by atoms with Crippen LogP contribution in [0, 0.1) is 23.3 Å². The van der Waals surface area contributed by atoms with Crippen LogP contribution >= 0.6 is 0 Å². The van der Waals surface area contributed by atoms with Crippen molar-refractivity contribution in [3.8, 4) is 67.5 Å². The number of halogens is 4. The van der Waals surface area contributed by atoms with Crippen LogP contribution in [0.5, 0.6) is 0 Å². The summed E-state index contributed by atoms with van der Waals surface area (Å²) in [5, 5.41) is 2.19. The van der Waals surface area contributed by atoms with Gasteiger partial charge in [-0.15, -0.1) is 0 Å². The molecule has 0 amide bonds. The summed E-state index contributed by atoms with van der Waals surface area (Å²) in [4.78, 5) is 13.3. The number of rotatable bonds is 6. The predicted octanol–water partition coefficient (Wildman–Crippen LogP) is 11.6. The number of hydrogen-bond acceptors (Lipinski definition) is 3. The Hall–Kier alpha value is -6.47. The molecule has 7 heteroatoms. The van der Waals surface area contributed by atoms with Crippen LogP contribution in [0.2, 0.25) is 0 Å². The standard InChI is InChI=1S/C43H25F4N3/c44-33-20-31(21-34(45)24-33)42-48-41(49-43(50-42)32-22-35(46)25-36(47)23-32)30-16-14-29(15-17-30)38-19-18-37(39-8-4-5-9-40(38)39)28-12-10-27(11-13-28)26-6-2-1-3-7-26/h1-25H. The van der Waals surface area contributed by atoms with Crippen LogP contribution in [-0.2, 0) is 0 Å². The van der Waals surface area contributed by atoms with E-state index >= 15 is 0 Å². The molecule has 1 aromatic heterocycles. The lowest BCUT2D eigenvalue weighted by molar-refractivity contribution is 0.583. The van der Waals surface area contributed by atoms with Crippen molar-refractivity contribution >= 4 is 10.8 Å². The van der Waals surface area contributed by atoms with Crippen molar-refractivity contribution in [2.24, 2.45) is 0 Å². The van der Waals surface area contributed by atoms with E-state index in [9.17, 15) is 17.6 Å². The molecule has 0 spiro atoms. The van der Waals surface area contributed by atoms with Crippen molar-refractivity contribution in [3.63, 3.8) is 0 Å². The van der Waals surface area contributed by atoms with Crippen LogP contribution < -0.4 is 0 Å². The van der Waals surface area contributed by atoms with E-state index < -0.39 is 23.3 Å². The van der Waals surface area contributed by atoms with E-state index in [-0.39, 0.29) is 28.6 Å². The Bertz CT molecular complexity index is 2410. The summed E-state index contributed by atoms with van der Waals surface area (Å²) in [6, 6.07) is 44.7. The van der Waals surface area contributed by atoms with Gasteiger partial charge in [0.15, 0.2) is 17.5 Å². The van der Waals surface area contributed by atoms with Crippen molar-refractivity contribution in [2.75, 3.05) is 0 Å². The molecular formula is C43H25F4N3. The lowest BCUT2D eigenvalue weighted by Crippen LogP contribution is -2.01. The van der Waals surface area contributed by atoms with Crippen LogP contribution in [0.3, 0.4) is 0 Å². The van der Waals surface area contributed by atoms with Gasteiger partial charge in [-0.2, -0.15) is 0 Å². The molecule has 0 unspecified atom stereocenters.